The largest absolute Gasteiger partial charge is 0.468 e. The normalized spacial score (nSPS) is 14.7. The zero-order valence-corrected chi connectivity index (χ0v) is 13.7. The van der Waals surface area contributed by atoms with Gasteiger partial charge in [0.2, 0.25) is 0 Å². The Labute approximate surface area is 137 Å². The summed E-state index contributed by atoms with van der Waals surface area (Å²) in [6.45, 7) is 2.02. The quantitative estimate of drug-likeness (QED) is 0.797. The van der Waals surface area contributed by atoms with Crippen LogP contribution in [-0.4, -0.2) is 26.2 Å². The van der Waals surface area contributed by atoms with E-state index in [2.05, 4.69) is 5.32 Å². The monoisotopic (exact) mass is 313 g/mol. The first-order chi connectivity index (χ1) is 11.2. The molecule has 0 amide bonds. The maximum atomic E-state index is 12.3. The molecule has 0 heterocycles. The molecule has 1 N–H and O–H groups in total. The zero-order chi connectivity index (χ0) is 16.7. The first-order valence-electron chi connectivity index (χ1n) is 7.64. The van der Waals surface area contributed by atoms with Gasteiger partial charge in [-0.1, -0.05) is 60.7 Å². The van der Waals surface area contributed by atoms with Crippen LogP contribution in [0, 0.1) is 0 Å². The molecule has 0 aliphatic heterocycles. The van der Waals surface area contributed by atoms with Gasteiger partial charge in [-0.3, -0.25) is 10.1 Å². The third-order valence-electron chi connectivity index (χ3n) is 3.87. The minimum absolute atomic E-state index is 0.0123. The molecule has 0 bridgehead atoms. The summed E-state index contributed by atoms with van der Waals surface area (Å²) in [7, 11) is 2.99. The van der Waals surface area contributed by atoms with E-state index >= 15 is 0 Å². The lowest BCUT2D eigenvalue weighted by molar-refractivity contribution is -0.147. The van der Waals surface area contributed by atoms with Crippen LogP contribution in [0.5, 0.6) is 0 Å². The molecule has 3 atom stereocenters. The Bertz CT molecular complexity index is 601. The van der Waals surface area contributed by atoms with E-state index in [1.54, 1.807) is 7.11 Å². The number of ether oxygens (including phenoxy) is 2. The number of methoxy groups -OCH3 is 2. The van der Waals surface area contributed by atoms with Crippen molar-refractivity contribution in [3.05, 3.63) is 71.8 Å². The van der Waals surface area contributed by atoms with E-state index in [9.17, 15) is 4.79 Å². The Kier molecular flexibility index (Phi) is 6.32. The minimum atomic E-state index is -0.595. The summed E-state index contributed by atoms with van der Waals surface area (Å²) in [6.07, 6.45) is -0.421. The lowest BCUT2D eigenvalue weighted by atomic mass is 10.00. The van der Waals surface area contributed by atoms with Crippen LogP contribution in [0.3, 0.4) is 0 Å². The fraction of sp³-hybridized carbons (Fsp3) is 0.316. The molecule has 0 saturated carbocycles. The van der Waals surface area contributed by atoms with E-state index in [0.717, 1.165) is 11.1 Å². The Morgan fingerprint density at radius 2 is 1.43 bits per heavy atom. The third kappa shape index (κ3) is 4.41. The van der Waals surface area contributed by atoms with Gasteiger partial charge in [0.05, 0.1) is 7.11 Å². The van der Waals surface area contributed by atoms with Crippen molar-refractivity contribution in [2.45, 2.75) is 25.1 Å². The van der Waals surface area contributed by atoms with Crippen molar-refractivity contribution in [2.75, 3.05) is 14.2 Å². The first-order valence-corrected chi connectivity index (χ1v) is 7.64. The van der Waals surface area contributed by atoms with Gasteiger partial charge < -0.3 is 9.47 Å². The number of rotatable bonds is 7. The zero-order valence-electron chi connectivity index (χ0n) is 13.7. The molecule has 2 rings (SSSR count). The topological polar surface area (TPSA) is 47.6 Å². The molecule has 0 radical (unpaired) electrons. The number of hydrogen-bond acceptors (Lipinski definition) is 4. The Morgan fingerprint density at radius 3 is 1.91 bits per heavy atom. The lowest BCUT2D eigenvalue weighted by Crippen LogP contribution is -2.44. The molecule has 0 saturated heterocycles. The van der Waals surface area contributed by atoms with Crippen LogP contribution in [-0.2, 0) is 14.3 Å². The van der Waals surface area contributed by atoms with Crippen LogP contribution < -0.4 is 5.32 Å². The molecule has 122 valence electrons. The van der Waals surface area contributed by atoms with E-state index in [-0.39, 0.29) is 12.0 Å². The summed E-state index contributed by atoms with van der Waals surface area (Å²) in [5.74, 6) is -0.344. The van der Waals surface area contributed by atoms with Gasteiger partial charge in [-0.25, -0.2) is 0 Å². The molecule has 2 aromatic carbocycles. The number of benzene rings is 2. The molecule has 0 aliphatic rings. The van der Waals surface area contributed by atoms with Gasteiger partial charge in [0, 0.05) is 13.2 Å². The van der Waals surface area contributed by atoms with Crippen LogP contribution in [0.2, 0.25) is 0 Å². The summed E-state index contributed by atoms with van der Waals surface area (Å²) in [5, 5.41) is 3.33. The van der Waals surface area contributed by atoms with Gasteiger partial charge in [-0.15, -0.1) is 0 Å². The van der Waals surface area contributed by atoms with Crippen LogP contribution in [0.4, 0.5) is 0 Å². The van der Waals surface area contributed by atoms with E-state index in [4.69, 9.17) is 9.47 Å². The maximum Gasteiger partial charge on any atom is 0.325 e. The molecule has 0 spiro atoms. The first kappa shape index (κ1) is 17.2. The van der Waals surface area contributed by atoms with E-state index in [0.29, 0.717) is 0 Å². The molecule has 3 unspecified atom stereocenters. The average Bonchev–Trinajstić information content (AvgIpc) is 2.62. The summed E-state index contributed by atoms with van der Waals surface area (Å²) < 4.78 is 10.6. The number of carbonyl (C=O) groups excluding carboxylic acids is 1. The smallest absolute Gasteiger partial charge is 0.325 e. The summed E-state index contributed by atoms with van der Waals surface area (Å²) >= 11 is 0. The van der Waals surface area contributed by atoms with E-state index in [1.807, 2.05) is 67.6 Å². The second-order valence-corrected chi connectivity index (χ2v) is 5.37. The molecule has 0 aliphatic carbocycles. The van der Waals surface area contributed by atoms with Gasteiger partial charge in [0.25, 0.3) is 0 Å². The standard InChI is InChI=1S/C19H23NO3/c1-14(15-10-6-4-7-11-15)20-17(19(21)23-3)18(22-2)16-12-8-5-9-13-16/h4-14,17-18,20H,1-3H3. The second-order valence-electron chi connectivity index (χ2n) is 5.37. The van der Waals surface area contributed by atoms with E-state index in [1.165, 1.54) is 7.11 Å². The van der Waals surface area contributed by atoms with Crippen LogP contribution in [0.15, 0.2) is 60.7 Å². The van der Waals surface area contributed by atoms with Crippen LogP contribution in [0.25, 0.3) is 0 Å². The SMILES string of the molecule is COC(=O)C(NC(C)c1ccccc1)C(OC)c1ccccc1. The Hall–Kier alpha value is -2.17. The Balaban J connectivity index is 2.24. The van der Waals surface area contributed by atoms with Crippen molar-refractivity contribution in [3.8, 4) is 0 Å². The van der Waals surface area contributed by atoms with Gasteiger partial charge in [-0.05, 0) is 18.1 Å². The van der Waals surface area contributed by atoms with Crippen LogP contribution in [0.1, 0.15) is 30.2 Å². The molecule has 0 fully saturated rings. The molecule has 23 heavy (non-hydrogen) atoms. The maximum absolute atomic E-state index is 12.3. The average molecular weight is 313 g/mol. The molecule has 0 aromatic heterocycles. The predicted octanol–water partition coefficient (Wildman–Crippen LogP) is 3.27. The number of hydrogen-bond donors (Lipinski definition) is 1. The third-order valence-corrected chi connectivity index (χ3v) is 3.87. The van der Waals surface area contributed by atoms with Gasteiger partial charge in [0.1, 0.15) is 12.1 Å². The molecular formula is C19H23NO3. The lowest BCUT2D eigenvalue weighted by Gasteiger charge is -2.28. The summed E-state index contributed by atoms with van der Waals surface area (Å²) in [5.41, 5.74) is 2.03. The highest BCUT2D eigenvalue weighted by Gasteiger charge is 2.31. The van der Waals surface area contributed by atoms with Crippen molar-refractivity contribution in [2.24, 2.45) is 0 Å². The second kappa shape index (κ2) is 8.46. The van der Waals surface area contributed by atoms with Crippen molar-refractivity contribution in [1.29, 1.82) is 0 Å². The highest BCUT2D eigenvalue weighted by Crippen LogP contribution is 2.24. The Morgan fingerprint density at radius 1 is 0.913 bits per heavy atom. The van der Waals surface area contributed by atoms with Gasteiger partial charge in [0.15, 0.2) is 0 Å². The van der Waals surface area contributed by atoms with Gasteiger partial charge in [-0.2, -0.15) is 0 Å². The summed E-state index contributed by atoms with van der Waals surface area (Å²) in [4.78, 5) is 12.3. The fourth-order valence-corrected chi connectivity index (χ4v) is 2.62. The highest BCUT2D eigenvalue weighted by atomic mass is 16.5. The van der Waals surface area contributed by atoms with Crippen molar-refractivity contribution in [1.82, 2.24) is 5.32 Å². The van der Waals surface area contributed by atoms with Crippen LogP contribution >= 0.6 is 0 Å². The van der Waals surface area contributed by atoms with Crippen molar-refractivity contribution < 1.29 is 14.3 Å². The number of nitrogens with one attached hydrogen (secondary N) is 1. The highest BCUT2D eigenvalue weighted by molar-refractivity contribution is 5.76. The predicted molar refractivity (Wildman–Crippen MR) is 90.0 cm³/mol. The van der Waals surface area contributed by atoms with Gasteiger partial charge >= 0.3 is 5.97 Å². The molecule has 4 heteroatoms. The molecular weight excluding hydrogens is 290 g/mol. The molecule has 4 nitrogen and oxygen atoms in total. The number of carbonyl (C=O) groups is 1. The van der Waals surface area contributed by atoms with Crippen molar-refractivity contribution in [3.63, 3.8) is 0 Å². The molecule has 2 aromatic rings. The van der Waals surface area contributed by atoms with E-state index < -0.39 is 12.1 Å². The van der Waals surface area contributed by atoms with Crippen molar-refractivity contribution >= 4 is 5.97 Å². The minimum Gasteiger partial charge on any atom is -0.468 e. The summed E-state index contributed by atoms with van der Waals surface area (Å²) in [6, 6.07) is 19.0. The number of esters is 1. The fourth-order valence-electron chi connectivity index (χ4n) is 2.62.